The van der Waals surface area contributed by atoms with E-state index in [1.165, 1.54) is 31.8 Å². The summed E-state index contributed by atoms with van der Waals surface area (Å²) >= 11 is 9.47. The summed E-state index contributed by atoms with van der Waals surface area (Å²) in [7, 11) is -0.892. The summed E-state index contributed by atoms with van der Waals surface area (Å²) in [5, 5.41) is 23.6. The molecule has 49 heavy (non-hydrogen) atoms. The number of alkyl halides is 2. The second-order valence-corrected chi connectivity index (χ2v) is 14.7. The van der Waals surface area contributed by atoms with Crippen LogP contribution in [-0.4, -0.2) is 33.9 Å². The number of aliphatic carboxylic acids is 2. The average Bonchev–Trinajstić information content (AvgIpc) is 3.15. The summed E-state index contributed by atoms with van der Waals surface area (Å²) in [5.41, 5.74) is 0. The first kappa shape index (κ1) is 41.4. The number of carboxylic acids is 2. The Balaban J connectivity index is 0.000000264. The van der Waals surface area contributed by atoms with Crippen LogP contribution in [0.25, 0.3) is 0 Å². The number of rotatable bonds is 8. The van der Waals surface area contributed by atoms with Gasteiger partial charge in [0.15, 0.2) is 0 Å². The van der Waals surface area contributed by atoms with Gasteiger partial charge in [0.25, 0.3) is 0 Å². The molecule has 254 valence electrons. The smallest absolute Gasteiger partial charge is 0.318 e. The Bertz CT molecular complexity index is 1420. The molecule has 9 heteroatoms. The van der Waals surface area contributed by atoms with Crippen LogP contribution < -0.4 is 31.8 Å². The largest absolute Gasteiger partial charge is 0.480 e. The van der Waals surface area contributed by atoms with Gasteiger partial charge in [0.05, 0.1) is 0 Å². The van der Waals surface area contributed by atoms with Gasteiger partial charge in [-0.1, -0.05) is 182 Å². The third-order valence-corrected chi connectivity index (χ3v) is 11.7. The van der Waals surface area contributed by atoms with Crippen LogP contribution in [0.1, 0.15) is 0 Å². The summed E-state index contributed by atoms with van der Waals surface area (Å²) in [6.45, 7) is 0. The van der Waals surface area contributed by atoms with Crippen molar-refractivity contribution in [2.45, 2.75) is 0 Å². The molecule has 2 N–H and O–H groups in total. The van der Waals surface area contributed by atoms with E-state index in [1.807, 2.05) is 0 Å². The molecular formula is C40H36Cl2NiO4P2. The second-order valence-electron chi connectivity index (χ2n) is 9.74. The van der Waals surface area contributed by atoms with E-state index in [9.17, 15) is 9.59 Å². The van der Waals surface area contributed by atoms with Gasteiger partial charge in [0.2, 0.25) is 0 Å². The molecule has 0 unspecified atom stereocenters. The molecule has 6 rings (SSSR count). The molecule has 0 atom stereocenters. The molecule has 0 amide bonds. The predicted molar refractivity (Wildman–Crippen MR) is 207 cm³/mol. The van der Waals surface area contributed by atoms with Gasteiger partial charge in [0, 0.05) is 16.5 Å². The molecule has 0 fully saturated rings. The number of halogens is 2. The molecule has 6 aromatic carbocycles. The maximum Gasteiger partial charge on any atom is 0.318 e. The zero-order valence-corrected chi connectivity index (χ0v) is 30.7. The molecule has 4 nitrogen and oxygen atoms in total. The van der Waals surface area contributed by atoms with Gasteiger partial charge in [-0.05, 0) is 47.7 Å². The van der Waals surface area contributed by atoms with Crippen molar-refractivity contribution in [1.82, 2.24) is 0 Å². The molecule has 6 aromatic rings. The molecule has 0 saturated carbocycles. The summed E-state index contributed by atoms with van der Waals surface area (Å²) < 4.78 is 0. The fraction of sp³-hybridized carbons (Fsp3) is 0.0500. The molecule has 0 bridgehead atoms. The number of carbonyl (C=O) groups is 2. The maximum atomic E-state index is 9.24. The van der Waals surface area contributed by atoms with Gasteiger partial charge in [-0.25, -0.2) is 0 Å². The third-order valence-electron chi connectivity index (χ3n) is 6.31. The average molecular weight is 772 g/mol. The van der Waals surface area contributed by atoms with Crippen molar-refractivity contribution in [3.8, 4) is 0 Å². The fourth-order valence-corrected chi connectivity index (χ4v) is 8.97. The molecule has 0 radical (unpaired) electrons. The third kappa shape index (κ3) is 15.1. The molecule has 0 heterocycles. The van der Waals surface area contributed by atoms with Gasteiger partial charge in [-0.3, -0.25) is 9.59 Å². The zero-order valence-electron chi connectivity index (χ0n) is 26.4. The van der Waals surface area contributed by atoms with E-state index in [4.69, 9.17) is 33.4 Å². The summed E-state index contributed by atoms with van der Waals surface area (Å²) in [5.74, 6) is -2.57. The van der Waals surface area contributed by atoms with Crippen LogP contribution in [0.15, 0.2) is 182 Å². The van der Waals surface area contributed by atoms with E-state index in [2.05, 4.69) is 182 Å². The van der Waals surface area contributed by atoms with Crippen molar-refractivity contribution >= 4 is 82.8 Å². The number of benzene rings is 6. The van der Waals surface area contributed by atoms with Crippen molar-refractivity contribution in [1.29, 1.82) is 0 Å². The van der Waals surface area contributed by atoms with Crippen LogP contribution in [0.5, 0.6) is 0 Å². The van der Waals surface area contributed by atoms with Crippen LogP contribution in [0, 0.1) is 0 Å². The Kier molecular flexibility index (Phi) is 20.6. The summed E-state index contributed by atoms with van der Waals surface area (Å²) in [6, 6.07) is 64.7. The van der Waals surface area contributed by atoms with Crippen molar-refractivity contribution in [3.63, 3.8) is 0 Å². The second kappa shape index (κ2) is 24.3. The minimum Gasteiger partial charge on any atom is -0.480 e. The van der Waals surface area contributed by atoms with E-state index >= 15 is 0 Å². The van der Waals surface area contributed by atoms with Gasteiger partial charge in [-0.15, -0.1) is 23.2 Å². The Hall–Kier alpha value is -3.81. The SMILES string of the molecule is O=C(O)CCl.O=C(O)CCl.[Ni].c1ccc(P(c2ccccc2)c2ccccc2)cc1.c1ccc(P(c2ccccc2)c2ccccc2)cc1. The van der Waals surface area contributed by atoms with E-state index in [0.717, 1.165) is 0 Å². The van der Waals surface area contributed by atoms with Crippen molar-refractivity contribution in [2.24, 2.45) is 0 Å². The minimum absolute atomic E-state index is 0. The molecular weight excluding hydrogens is 736 g/mol. The first-order valence-corrected chi connectivity index (χ1v) is 18.7. The van der Waals surface area contributed by atoms with Gasteiger partial charge in [0.1, 0.15) is 11.8 Å². The van der Waals surface area contributed by atoms with Crippen molar-refractivity contribution < 1.29 is 36.3 Å². The summed E-state index contributed by atoms with van der Waals surface area (Å²) in [6.07, 6.45) is 0. The predicted octanol–water partition coefficient (Wildman–Crippen LogP) is 7.51. The Morgan fingerprint density at radius 3 is 0.592 bits per heavy atom. The molecule has 0 spiro atoms. The first-order valence-electron chi connectivity index (χ1n) is 14.9. The topological polar surface area (TPSA) is 74.6 Å². The Labute approximate surface area is 311 Å². The van der Waals surface area contributed by atoms with Crippen LogP contribution in [0.4, 0.5) is 0 Å². The van der Waals surface area contributed by atoms with E-state index in [1.54, 1.807) is 0 Å². The van der Waals surface area contributed by atoms with Crippen LogP contribution >= 0.6 is 39.0 Å². The molecule has 0 aliphatic heterocycles. The maximum absolute atomic E-state index is 9.24. The number of hydrogen-bond acceptors (Lipinski definition) is 2. The Morgan fingerprint density at radius 2 is 0.490 bits per heavy atom. The van der Waals surface area contributed by atoms with Crippen LogP contribution in [0.3, 0.4) is 0 Å². The van der Waals surface area contributed by atoms with Gasteiger partial charge < -0.3 is 10.2 Å². The molecule has 0 aliphatic carbocycles. The van der Waals surface area contributed by atoms with Gasteiger partial charge >= 0.3 is 11.9 Å². The Morgan fingerprint density at radius 1 is 0.367 bits per heavy atom. The van der Waals surface area contributed by atoms with E-state index < -0.39 is 27.8 Å². The summed E-state index contributed by atoms with van der Waals surface area (Å²) in [4.78, 5) is 18.5. The first-order chi connectivity index (χ1) is 23.4. The normalized spacial score (nSPS) is 9.71. The quantitative estimate of drug-likeness (QED) is 0.0956. The fourth-order valence-electron chi connectivity index (χ4n) is 4.36. The molecule has 0 aliphatic rings. The van der Waals surface area contributed by atoms with Crippen LogP contribution in [0.2, 0.25) is 0 Å². The van der Waals surface area contributed by atoms with Gasteiger partial charge in [-0.2, -0.15) is 0 Å². The molecule has 0 saturated heterocycles. The molecule has 0 aromatic heterocycles. The zero-order chi connectivity index (χ0) is 34.4. The van der Waals surface area contributed by atoms with Crippen molar-refractivity contribution in [2.75, 3.05) is 11.8 Å². The van der Waals surface area contributed by atoms with E-state index in [-0.39, 0.29) is 28.3 Å². The van der Waals surface area contributed by atoms with Crippen molar-refractivity contribution in [3.05, 3.63) is 182 Å². The minimum atomic E-state index is -0.980. The number of carboxylic acid groups (broad SMARTS) is 2. The van der Waals surface area contributed by atoms with Crippen LogP contribution in [-0.2, 0) is 26.1 Å². The monoisotopic (exact) mass is 770 g/mol. The van der Waals surface area contributed by atoms with E-state index in [0.29, 0.717) is 0 Å². The number of hydrogen-bond donors (Lipinski definition) is 2. The standard InChI is InChI=1S/2C18H15P.2C2H3ClO2.Ni/c2*1-4-10-16(11-5-1)19(17-12-6-2-7-13-17)18-14-8-3-9-15-18;2*3-1-2(4)5;/h2*1-15H;2*1H2,(H,4,5);.